The first kappa shape index (κ1) is 12.3. The molecule has 15 heavy (non-hydrogen) atoms. The van der Waals surface area contributed by atoms with Crippen molar-refractivity contribution < 1.29 is 13.9 Å². The highest BCUT2D eigenvalue weighted by Crippen LogP contribution is 2.18. The Labute approximate surface area is 96.6 Å². The van der Waals surface area contributed by atoms with Crippen LogP contribution in [0, 0.1) is 5.82 Å². The Hall–Kier alpha value is -0.740. The summed E-state index contributed by atoms with van der Waals surface area (Å²) in [4.78, 5) is 11.8. The number of carbonyl (C=O) groups excluding carboxylic acids is 1. The number of hydrogen-bond acceptors (Lipinski definition) is 2. The smallest absolute Gasteiger partial charge is 0.194 e. The molecule has 0 heterocycles. The number of benzene rings is 1. The van der Waals surface area contributed by atoms with Gasteiger partial charge in [-0.15, -0.1) is 0 Å². The van der Waals surface area contributed by atoms with Crippen LogP contribution in [0.3, 0.4) is 0 Å². The lowest BCUT2D eigenvalue weighted by Gasteiger charge is -2.12. The number of halogens is 2. The van der Waals surface area contributed by atoms with Crippen LogP contribution in [0.4, 0.5) is 4.39 Å². The van der Waals surface area contributed by atoms with Gasteiger partial charge in [0.05, 0.1) is 5.56 Å². The van der Waals surface area contributed by atoms with Crippen LogP contribution in [0.5, 0.6) is 0 Å². The molecule has 1 aromatic carbocycles. The molecule has 0 N–H and O–H groups in total. The van der Waals surface area contributed by atoms with Gasteiger partial charge < -0.3 is 4.74 Å². The van der Waals surface area contributed by atoms with Crippen molar-refractivity contribution in [3.8, 4) is 0 Å². The number of ether oxygens (including phenoxy) is 1. The molecule has 1 atom stereocenters. The molecule has 0 spiro atoms. The molecule has 0 saturated heterocycles. The molecule has 1 aromatic rings. The van der Waals surface area contributed by atoms with E-state index < -0.39 is 11.9 Å². The third-order valence-electron chi connectivity index (χ3n) is 2.14. The molecule has 0 aliphatic carbocycles. The number of rotatable bonds is 4. The first-order chi connectivity index (χ1) is 7.10. The van der Waals surface area contributed by atoms with E-state index in [0.717, 1.165) is 0 Å². The summed E-state index contributed by atoms with van der Waals surface area (Å²) in [5, 5.41) is 0. The topological polar surface area (TPSA) is 26.3 Å². The maximum atomic E-state index is 13.4. The Morgan fingerprint density at radius 2 is 2.27 bits per heavy atom. The molecule has 2 nitrogen and oxygen atoms in total. The van der Waals surface area contributed by atoms with E-state index in [-0.39, 0.29) is 11.3 Å². The third-order valence-corrected chi connectivity index (χ3v) is 2.63. The minimum atomic E-state index is -0.575. The number of hydrogen-bond donors (Lipinski definition) is 0. The minimum absolute atomic E-state index is 0.0677. The normalized spacial score (nSPS) is 12.5. The molecule has 0 aliphatic rings. The SMILES string of the molecule is CCC(OC)C(=O)c1cc(Br)ccc1F. The predicted octanol–water partition coefficient (Wildman–Crippen LogP) is 3.20. The summed E-state index contributed by atoms with van der Waals surface area (Å²) in [6.07, 6.45) is -0.0461. The molecule has 0 saturated carbocycles. The van der Waals surface area contributed by atoms with Crippen LogP contribution < -0.4 is 0 Å². The summed E-state index contributed by atoms with van der Waals surface area (Å²) in [5.74, 6) is -0.836. The fourth-order valence-electron chi connectivity index (χ4n) is 1.32. The van der Waals surface area contributed by atoms with Crippen LogP contribution >= 0.6 is 15.9 Å². The molecule has 0 aliphatic heterocycles. The van der Waals surface area contributed by atoms with Crippen molar-refractivity contribution in [3.63, 3.8) is 0 Å². The van der Waals surface area contributed by atoms with E-state index >= 15 is 0 Å². The number of carbonyl (C=O) groups is 1. The van der Waals surface area contributed by atoms with Crippen molar-refractivity contribution in [2.75, 3.05) is 7.11 Å². The molecule has 0 amide bonds. The van der Waals surface area contributed by atoms with Gasteiger partial charge in [0.1, 0.15) is 11.9 Å². The van der Waals surface area contributed by atoms with Crippen LogP contribution in [0.2, 0.25) is 0 Å². The first-order valence-corrected chi connectivity index (χ1v) is 5.41. The van der Waals surface area contributed by atoms with Crippen molar-refractivity contribution in [2.24, 2.45) is 0 Å². The molecule has 1 unspecified atom stereocenters. The molecular formula is C11H12BrFO2. The predicted molar refractivity (Wildman–Crippen MR) is 59.5 cm³/mol. The third kappa shape index (κ3) is 2.86. The zero-order valence-electron chi connectivity index (χ0n) is 8.59. The van der Waals surface area contributed by atoms with Gasteiger partial charge in [0, 0.05) is 11.6 Å². The van der Waals surface area contributed by atoms with Crippen LogP contribution in [0.25, 0.3) is 0 Å². The van der Waals surface area contributed by atoms with Gasteiger partial charge in [0.25, 0.3) is 0 Å². The van der Waals surface area contributed by atoms with Crippen LogP contribution in [0.1, 0.15) is 23.7 Å². The maximum absolute atomic E-state index is 13.4. The van der Waals surface area contributed by atoms with Gasteiger partial charge >= 0.3 is 0 Å². The summed E-state index contributed by atoms with van der Waals surface area (Å²) in [6.45, 7) is 1.82. The molecular weight excluding hydrogens is 263 g/mol. The summed E-state index contributed by atoms with van der Waals surface area (Å²) >= 11 is 3.20. The van der Waals surface area contributed by atoms with Crippen molar-refractivity contribution in [3.05, 3.63) is 34.1 Å². The van der Waals surface area contributed by atoms with Crippen molar-refractivity contribution in [1.82, 2.24) is 0 Å². The fourth-order valence-corrected chi connectivity index (χ4v) is 1.68. The van der Waals surface area contributed by atoms with E-state index in [0.29, 0.717) is 10.9 Å². The Bertz CT molecular complexity index is 362. The quantitative estimate of drug-likeness (QED) is 0.789. The Morgan fingerprint density at radius 1 is 1.60 bits per heavy atom. The van der Waals surface area contributed by atoms with Crippen LogP contribution in [-0.4, -0.2) is 19.0 Å². The fraction of sp³-hybridized carbons (Fsp3) is 0.364. The minimum Gasteiger partial charge on any atom is -0.373 e. The van der Waals surface area contributed by atoms with Crippen molar-refractivity contribution in [2.45, 2.75) is 19.4 Å². The Balaban J connectivity index is 3.04. The largest absolute Gasteiger partial charge is 0.373 e. The van der Waals surface area contributed by atoms with Gasteiger partial charge in [0.15, 0.2) is 5.78 Å². The van der Waals surface area contributed by atoms with E-state index in [2.05, 4.69) is 15.9 Å². The molecule has 4 heteroatoms. The molecule has 0 bridgehead atoms. The zero-order valence-corrected chi connectivity index (χ0v) is 10.2. The summed E-state index contributed by atoms with van der Waals surface area (Å²) in [7, 11) is 1.45. The summed E-state index contributed by atoms with van der Waals surface area (Å²) < 4.78 is 19.0. The monoisotopic (exact) mass is 274 g/mol. The van der Waals surface area contributed by atoms with E-state index in [4.69, 9.17) is 4.74 Å². The lowest BCUT2D eigenvalue weighted by Crippen LogP contribution is -2.23. The molecule has 1 rings (SSSR count). The Morgan fingerprint density at radius 3 is 2.80 bits per heavy atom. The van der Waals surface area contributed by atoms with Crippen molar-refractivity contribution in [1.29, 1.82) is 0 Å². The summed E-state index contributed by atoms with van der Waals surface area (Å²) in [6, 6.07) is 4.29. The number of methoxy groups -OCH3 is 1. The first-order valence-electron chi connectivity index (χ1n) is 4.62. The average molecular weight is 275 g/mol. The second kappa shape index (κ2) is 5.37. The van der Waals surface area contributed by atoms with Crippen molar-refractivity contribution >= 4 is 21.7 Å². The number of Topliss-reactive ketones (excluding diaryl/α,β-unsaturated/α-hetero) is 1. The van der Waals surface area contributed by atoms with Gasteiger partial charge in [-0.3, -0.25) is 4.79 Å². The maximum Gasteiger partial charge on any atom is 0.194 e. The highest BCUT2D eigenvalue weighted by Gasteiger charge is 2.20. The van der Waals surface area contributed by atoms with Gasteiger partial charge in [-0.2, -0.15) is 0 Å². The highest BCUT2D eigenvalue weighted by atomic mass is 79.9. The van der Waals surface area contributed by atoms with Gasteiger partial charge in [-0.25, -0.2) is 4.39 Å². The molecule has 0 fully saturated rings. The zero-order chi connectivity index (χ0) is 11.4. The van der Waals surface area contributed by atoms with Gasteiger partial charge in [-0.1, -0.05) is 22.9 Å². The number of ketones is 1. The standard InChI is InChI=1S/C11H12BrFO2/c1-3-10(15-2)11(14)8-6-7(12)4-5-9(8)13/h4-6,10H,3H2,1-2H3. The van der Waals surface area contributed by atoms with Gasteiger partial charge in [-0.05, 0) is 24.6 Å². The van der Waals surface area contributed by atoms with Gasteiger partial charge in [0.2, 0.25) is 0 Å². The summed E-state index contributed by atoms with van der Waals surface area (Å²) in [5.41, 5.74) is 0.0677. The van der Waals surface area contributed by atoms with E-state index in [1.165, 1.54) is 19.2 Å². The lowest BCUT2D eigenvalue weighted by atomic mass is 10.0. The lowest BCUT2D eigenvalue weighted by molar-refractivity contribution is 0.0591. The molecule has 0 radical (unpaired) electrons. The van der Waals surface area contributed by atoms with Crippen LogP contribution in [0.15, 0.2) is 22.7 Å². The van der Waals surface area contributed by atoms with E-state index in [9.17, 15) is 9.18 Å². The van der Waals surface area contributed by atoms with E-state index in [1.807, 2.05) is 6.92 Å². The second-order valence-electron chi connectivity index (χ2n) is 3.12. The molecule has 0 aromatic heterocycles. The average Bonchev–Trinajstić information content (AvgIpc) is 2.23. The van der Waals surface area contributed by atoms with Crippen LogP contribution in [-0.2, 0) is 4.74 Å². The highest BCUT2D eigenvalue weighted by molar-refractivity contribution is 9.10. The second-order valence-corrected chi connectivity index (χ2v) is 4.04. The Kier molecular flexibility index (Phi) is 4.42. The van der Waals surface area contributed by atoms with E-state index in [1.54, 1.807) is 6.07 Å². The molecule has 82 valence electrons.